The SMILES string of the molecule is O=C=C(CN1CCN(C(=O)/C=C/c2ccc3c(c2)OCO3)CC1)N1CCCC1. The molecule has 7 nitrogen and oxygen atoms in total. The van der Waals surface area contributed by atoms with E-state index in [0.29, 0.717) is 25.4 Å². The molecule has 3 heterocycles. The van der Waals surface area contributed by atoms with Crippen LogP contribution in [0.25, 0.3) is 6.08 Å². The minimum absolute atomic E-state index is 0.00279. The van der Waals surface area contributed by atoms with Crippen molar-refractivity contribution in [2.45, 2.75) is 12.8 Å². The zero-order valence-corrected chi connectivity index (χ0v) is 15.9. The second kappa shape index (κ2) is 8.50. The molecule has 1 amide bonds. The number of ether oxygens (including phenoxy) is 2. The lowest BCUT2D eigenvalue weighted by molar-refractivity contribution is -0.127. The number of fused-ring (bicyclic) bond motifs is 1. The maximum atomic E-state index is 12.5. The minimum atomic E-state index is 0.00279. The van der Waals surface area contributed by atoms with Crippen LogP contribution in [0, 0.1) is 0 Å². The lowest BCUT2D eigenvalue weighted by atomic mass is 10.2. The smallest absolute Gasteiger partial charge is 0.246 e. The number of nitrogens with zero attached hydrogens (tertiary/aromatic N) is 3. The van der Waals surface area contributed by atoms with Crippen LogP contribution in [-0.2, 0) is 9.59 Å². The topological polar surface area (TPSA) is 62.3 Å². The molecule has 148 valence electrons. The van der Waals surface area contributed by atoms with Crippen LogP contribution in [-0.4, -0.2) is 79.2 Å². The highest BCUT2D eigenvalue weighted by Crippen LogP contribution is 2.32. The van der Waals surface area contributed by atoms with Crippen LogP contribution in [0.1, 0.15) is 18.4 Å². The molecule has 2 saturated heterocycles. The predicted octanol–water partition coefficient (Wildman–Crippen LogP) is 1.38. The van der Waals surface area contributed by atoms with Gasteiger partial charge < -0.3 is 19.3 Å². The molecule has 0 aromatic heterocycles. The second-order valence-electron chi connectivity index (χ2n) is 7.29. The van der Waals surface area contributed by atoms with Crippen molar-refractivity contribution in [3.8, 4) is 11.5 Å². The number of piperazine rings is 1. The van der Waals surface area contributed by atoms with Gasteiger partial charge in [-0.2, -0.15) is 0 Å². The summed E-state index contributed by atoms with van der Waals surface area (Å²) in [6.07, 6.45) is 5.69. The molecule has 0 aliphatic carbocycles. The van der Waals surface area contributed by atoms with Crippen LogP contribution in [0.5, 0.6) is 11.5 Å². The standard InChI is InChI=1S/C21H25N3O4/c25-15-18(23-7-1-2-8-23)14-22-9-11-24(12-10-22)21(26)6-4-17-3-5-19-20(13-17)28-16-27-19/h3-6,13H,1-2,7-12,14,16H2/b6-4+. The van der Waals surface area contributed by atoms with E-state index in [-0.39, 0.29) is 12.7 Å². The fraction of sp³-hybridized carbons (Fsp3) is 0.476. The van der Waals surface area contributed by atoms with E-state index in [1.54, 1.807) is 12.2 Å². The van der Waals surface area contributed by atoms with Crippen molar-refractivity contribution in [3.05, 3.63) is 35.5 Å². The Morgan fingerprint density at radius 3 is 2.50 bits per heavy atom. The number of carbonyl (C=O) groups is 1. The minimum Gasteiger partial charge on any atom is -0.454 e. The van der Waals surface area contributed by atoms with Gasteiger partial charge in [0, 0.05) is 51.9 Å². The van der Waals surface area contributed by atoms with Crippen molar-refractivity contribution in [1.29, 1.82) is 0 Å². The van der Waals surface area contributed by atoms with Gasteiger partial charge in [0.1, 0.15) is 11.6 Å². The quantitative estimate of drug-likeness (QED) is 0.566. The summed E-state index contributed by atoms with van der Waals surface area (Å²) in [6.45, 7) is 5.63. The molecule has 28 heavy (non-hydrogen) atoms. The molecular weight excluding hydrogens is 358 g/mol. The molecule has 0 bridgehead atoms. The van der Waals surface area contributed by atoms with E-state index < -0.39 is 0 Å². The highest BCUT2D eigenvalue weighted by molar-refractivity contribution is 5.92. The van der Waals surface area contributed by atoms with Crippen molar-refractivity contribution in [3.63, 3.8) is 0 Å². The molecule has 0 unspecified atom stereocenters. The average Bonchev–Trinajstić information content (AvgIpc) is 3.42. The third-order valence-electron chi connectivity index (χ3n) is 5.48. The molecule has 4 rings (SSSR count). The van der Waals surface area contributed by atoms with E-state index >= 15 is 0 Å². The average molecular weight is 383 g/mol. The van der Waals surface area contributed by atoms with Crippen LogP contribution < -0.4 is 9.47 Å². The first-order chi connectivity index (χ1) is 13.7. The number of hydrogen-bond donors (Lipinski definition) is 0. The van der Waals surface area contributed by atoms with Crippen molar-refractivity contribution >= 4 is 17.9 Å². The van der Waals surface area contributed by atoms with E-state index in [9.17, 15) is 9.59 Å². The van der Waals surface area contributed by atoms with E-state index in [4.69, 9.17) is 9.47 Å². The Balaban J connectivity index is 1.27. The lowest BCUT2D eigenvalue weighted by Crippen LogP contribution is -2.49. The van der Waals surface area contributed by atoms with Gasteiger partial charge in [-0.15, -0.1) is 0 Å². The highest BCUT2D eigenvalue weighted by Gasteiger charge is 2.23. The number of hydrogen-bond acceptors (Lipinski definition) is 6. The van der Waals surface area contributed by atoms with Gasteiger partial charge >= 0.3 is 0 Å². The van der Waals surface area contributed by atoms with Gasteiger partial charge in [-0.3, -0.25) is 9.69 Å². The summed E-state index contributed by atoms with van der Waals surface area (Å²) < 4.78 is 10.7. The second-order valence-corrected chi connectivity index (χ2v) is 7.29. The molecular formula is C21H25N3O4. The predicted molar refractivity (Wildman–Crippen MR) is 105 cm³/mol. The van der Waals surface area contributed by atoms with Gasteiger partial charge in [0.15, 0.2) is 11.5 Å². The summed E-state index contributed by atoms with van der Waals surface area (Å²) in [5.74, 6) is 3.57. The maximum absolute atomic E-state index is 12.5. The van der Waals surface area contributed by atoms with Crippen LogP contribution >= 0.6 is 0 Å². The first-order valence-electron chi connectivity index (χ1n) is 9.81. The molecule has 1 aromatic rings. The molecule has 0 atom stereocenters. The monoisotopic (exact) mass is 383 g/mol. The molecule has 1 aromatic carbocycles. The van der Waals surface area contributed by atoms with Gasteiger partial charge in [0.25, 0.3) is 0 Å². The van der Waals surface area contributed by atoms with Gasteiger partial charge in [0.05, 0.1) is 0 Å². The normalized spacial score (nSPS) is 19.3. The number of amides is 1. The summed E-state index contributed by atoms with van der Waals surface area (Å²) in [4.78, 5) is 30.0. The number of carbonyl (C=O) groups excluding carboxylic acids is 2. The lowest BCUT2D eigenvalue weighted by Gasteiger charge is -2.35. The van der Waals surface area contributed by atoms with Gasteiger partial charge in [-0.1, -0.05) is 6.07 Å². The van der Waals surface area contributed by atoms with Gasteiger partial charge in [-0.25, -0.2) is 4.79 Å². The van der Waals surface area contributed by atoms with E-state index in [1.807, 2.05) is 23.1 Å². The van der Waals surface area contributed by atoms with Crippen molar-refractivity contribution in [2.24, 2.45) is 0 Å². The fourth-order valence-corrected chi connectivity index (χ4v) is 3.81. The van der Waals surface area contributed by atoms with Gasteiger partial charge in [-0.05, 0) is 36.6 Å². The zero-order chi connectivity index (χ0) is 19.3. The molecule has 3 aliphatic rings. The van der Waals surface area contributed by atoms with E-state index in [1.165, 1.54) is 0 Å². The third-order valence-corrected chi connectivity index (χ3v) is 5.48. The van der Waals surface area contributed by atoms with E-state index in [0.717, 1.165) is 56.0 Å². The zero-order valence-electron chi connectivity index (χ0n) is 15.9. The highest BCUT2D eigenvalue weighted by atomic mass is 16.7. The molecule has 7 heteroatoms. The van der Waals surface area contributed by atoms with Gasteiger partial charge in [0.2, 0.25) is 12.7 Å². The Hall–Kier alpha value is -2.76. The summed E-state index contributed by atoms with van der Waals surface area (Å²) in [5.41, 5.74) is 1.66. The first kappa shape index (κ1) is 18.6. The Bertz CT molecular complexity index is 802. The maximum Gasteiger partial charge on any atom is 0.246 e. The summed E-state index contributed by atoms with van der Waals surface area (Å²) in [7, 11) is 0. The van der Waals surface area contributed by atoms with Crippen molar-refractivity contribution in [2.75, 3.05) is 52.6 Å². The third kappa shape index (κ3) is 4.21. The Kier molecular flexibility index (Phi) is 5.65. The summed E-state index contributed by atoms with van der Waals surface area (Å²) in [5, 5.41) is 0. The molecule has 3 aliphatic heterocycles. The number of likely N-dealkylation sites (tertiary alicyclic amines) is 1. The van der Waals surface area contributed by atoms with E-state index in [2.05, 4.69) is 15.7 Å². The Morgan fingerprint density at radius 2 is 1.75 bits per heavy atom. The Labute approximate surface area is 164 Å². The molecule has 0 radical (unpaired) electrons. The first-order valence-corrected chi connectivity index (χ1v) is 9.81. The van der Waals surface area contributed by atoms with Crippen LogP contribution in [0.3, 0.4) is 0 Å². The molecule has 0 saturated carbocycles. The van der Waals surface area contributed by atoms with Crippen LogP contribution in [0.2, 0.25) is 0 Å². The largest absolute Gasteiger partial charge is 0.454 e. The summed E-state index contributed by atoms with van der Waals surface area (Å²) in [6, 6.07) is 5.63. The molecule has 0 N–H and O–H groups in total. The molecule has 0 spiro atoms. The number of rotatable bonds is 5. The Morgan fingerprint density at radius 1 is 1.00 bits per heavy atom. The summed E-state index contributed by atoms with van der Waals surface area (Å²) >= 11 is 0. The van der Waals surface area contributed by atoms with Crippen LogP contribution in [0.4, 0.5) is 0 Å². The fourth-order valence-electron chi connectivity index (χ4n) is 3.81. The van der Waals surface area contributed by atoms with Crippen molar-refractivity contribution in [1.82, 2.24) is 14.7 Å². The molecule has 2 fully saturated rings. The number of benzene rings is 1. The van der Waals surface area contributed by atoms with Crippen LogP contribution in [0.15, 0.2) is 30.0 Å². The van der Waals surface area contributed by atoms with Crippen molar-refractivity contribution < 1.29 is 19.1 Å².